The number of nitrogens with one attached hydrogen (secondary N) is 1. The lowest BCUT2D eigenvalue weighted by molar-refractivity contribution is 0.430. The summed E-state index contributed by atoms with van der Waals surface area (Å²) >= 11 is 0. The lowest BCUT2D eigenvalue weighted by Gasteiger charge is -1.92. The van der Waals surface area contributed by atoms with Gasteiger partial charge in [-0.3, -0.25) is 4.79 Å². The monoisotopic (exact) mass is 258 g/mol. The number of rotatable bonds is 2. The number of H-pyrrole nitrogens is 1. The Morgan fingerprint density at radius 1 is 1.11 bits per heavy atom. The largest absolute Gasteiger partial charge is 0.332 e. The van der Waals surface area contributed by atoms with E-state index in [0.29, 0.717) is 17.1 Å². The first-order valence-electron chi connectivity index (χ1n) is 5.38. The smallest absolute Gasteiger partial charge is 0.278 e. The highest BCUT2D eigenvalue weighted by molar-refractivity contribution is 5.57. The highest BCUT2D eigenvalue weighted by atomic mass is 19.1. The summed E-state index contributed by atoms with van der Waals surface area (Å²) in [6, 6.07) is 8.49. The third kappa shape index (κ3) is 2.25. The van der Waals surface area contributed by atoms with E-state index in [4.69, 9.17) is 4.52 Å². The minimum atomic E-state index is -0.338. The van der Waals surface area contributed by atoms with Crippen LogP contribution in [-0.2, 0) is 0 Å². The van der Waals surface area contributed by atoms with Gasteiger partial charge in [-0.15, -0.1) is 0 Å². The van der Waals surface area contributed by atoms with Crippen molar-refractivity contribution in [2.45, 2.75) is 0 Å². The van der Waals surface area contributed by atoms with Gasteiger partial charge in [0.25, 0.3) is 11.4 Å². The molecule has 6 nitrogen and oxygen atoms in total. The predicted octanol–water partition coefficient (Wildman–Crippen LogP) is 1.63. The summed E-state index contributed by atoms with van der Waals surface area (Å²) in [7, 11) is 0. The van der Waals surface area contributed by atoms with Gasteiger partial charge in [0.1, 0.15) is 11.5 Å². The summed E-state index contributed by atoms with van der Waals surface area (Å²) in [5.41, 5.74) is 0.670. The summed E-state index contributed by atoms with van der Waals surface area (Å²) in [6.45, 7) is 0. The molecule has 0 saturated heterocycles. The van der Waals surface area contributed by atoms with E-state index in [2.05, 4.69) is 20.3 Å². The molecule has 0 unspecified atom stereocenters. The second kappa shape index (κ2) is 4.45. The normalized spacial score (nSPS) is 10.6. The van der Waals surface area contributed by atoms with Gasteiger partial charge in [0.15, 0.2) is 0 Å². The van der Waals surface area contributed by atoms with Gasteiger partial charge in [-0.25, -0.2) is 9.49 Å². The molecule has 0 aliphatic carbocycles. The first-order chi connectivity index (χ1) is 9.22. The zero-order valence-electron chi connectivity index (χ0n) is 9.50. The van der Waals surface area contributed by atoms with E-state index in [1.807, 2.05) is 0 Å². The number of hydrogen-bond acceptors (Lipinski definition) is 5. The van der Waals surface area contributed by atoms with Crippen LogP contribution in [0.3, 0.4) is 0 Å². The molecule has 0 aliphatic rings. The summed E-state index contributed by atoms with van der Waals surface area (Å²) < 4.78 is 17.8. The van der Waals surface area contributed by atoms with Crippen molar-refractivity contribution in [3.63, 3.8) is 0 Å². The van der Waals surface area contributed by atoms with E-state index >= 15 is 0 Å². The molecule has 0 spiro atoms. The molecule has 0 radical (unpaired) electrons. The maximum Gasteiger partial charge on any atom is 0.278 e. The molecule has 1 N–H and O–H groups in total. The zero-order valence-corrected chi connectivity index (χ0v) is 9.50. The summed E-state index contributed by atoms with van der Waals surface area (Å²) in [5.74, 6) is 0.161. The van der Waals surface area contributed by atoms with Crippen LogP contribution in [-0.4, -0.2) is 20.3 Å². The molecule has 0 saturated carbocycles. The van der Waals surface area contributed by atoms with Crippen molar-refractivity contribution in [3.8, 4) is 23.0 Å². The molecule has 94 valence electrons. The quantitative estimate of drug-likeness (QED) is 0.755. The number of nitrogens with zero attached hydrogens (tertiary/aromatic N) is 3. The van der Waals surface area contributed by atoms with Crippen LogP contribution in [0.2, 0.25) is 0 Å². The van der Waals surface area contributed by atoms with Crippen LogP contribution in [0.1, 0.15) is 0 Å². The summed E-state index contributed by atoms with van der Waals surface area (Å²) in [4.78, 5) is 15.0. The van der Waals surface area contributed by atoms with Crippen molar-refractivity contribution in [1.29, 1.82) is 0 Å². The van der Waals surface area contributed by atoms with Gasteiger partial charge in [0, 0.05) is 11.6 Å². The molecule has 3 rings (SSSR count). The first kappa shape index (κ1) is 11.3. The van der Waals surface area contributed by atoms with Crippen LogP contribution < -0.4 is 5.56 Å². The van der Waals surface area contributed by atoms with E-state index in [9.17, 15) is 9.18 Å². The number of halogens is 1. The molecule has 0 aliphatic heterocycles. The zero-order chi connectivity index (χ0) is 13.2. The Morgan fingerprint density at radius 2 is 1.89 bits per heavy atom. The Kier molecular flexibility index (Phi) is 2.64. The van der Waals surface area contributed by atoms with Crippen LogP contribution in [0.4, 0.5) is 4.39 Å². The molecule has 0 bridgehead atoms. The van der Waals surface area contributed by atoms with Crippen molar-refractivity contribution in [2.75, 3.05) is 0 Å². The molecule has 19 heavy (non-hydrogen) atoms. The van der Waals surface area contributed by atoms with E-state index < -0.39 is 0 Å². The Bertz CT molecular complexity index is 743. The third-order valence-electron chi connectivity index (χ3n) is 2.43. The minimum Gasteiger partial charge on any atom is -0.332 e. The van der Waals surface area contributed by atoms with Crippen molar-refractivity contribution in [2.24, 2.45) is 0 Å². The summed E-state index contributed by atoms with van der Waals surface area (Å²) in [5, 5.41) is 9.82. The highest BCUT2D eigenvalue weighted by Gasteiger charge is 2.11. The maximum absolute atomic E-state index is 12.8. The van der Waals surface area contributed by atoms with Gasteiger partial charge in [0.05, 0.1) is 0 Å². The van der Waals surface area contributed by atoms with Gasteiger partial charge < -0.3 is 4.52 Å². The molecular weight excluding hydrogens is 251 g/mol. The molecule has 0 atom stereocenters. The Morgan fingerprint density at radius 3 is 2.58 bits per heavy atom. The van der Waals surface area contributed by atoms with Crippen LogP contribution in [0.5, 0.6) is 0 Å². The van der Waals surface area contributed by atoms with E-state index in [1.54, 1.807) is 12.1 Å². The maximum atomic E-state index is 12.8. The average molecular weight is 258 g/mol. The fourth-order valence-electron chi connectivity index (χ4n) is 1.51. The standard InChI is InChI=1S/C12H7FN4O2/c13-8-3-1-7(2-4-8)11-14-12(19-17-11)9-5-6-10(18)16-15-9/h1-6H,(H,16,18). The fourth-order valence-corrected chi connectivity index (χ4v) is 1.51. The van der Waals surface area contributed by atoms with Crippen molar-refractivity contribution in [1.82, 2.24) is 20.3 Å². The molecule has 0 fully saturated rings. The van der Waals surface area contributed by atoms with Gasteiger partial charge in [-0.05, 0) is 30.3 Å². The second-order valence-corrected chi connectivity index (χ2v) is 3.74. The van der Waals surface area contributed by atoms with Gasteiger partial charge >= 0.3 is 0 Å². The molecule has 3 aromatic rings. The molecule has 1 aromatic carbocycles. The molecule has 2 heterocycles. The highest BCUT2D eigenvalue weighted by Crippen LogP contribution is 2.20. The number of benzene rings is 1. The Balaban J connectivity index is 1.97. The van der Waals surface area contributed by atoms with Crippen molar-refractivity contribution in [3.05, 3.63) is 52.6 Å². The van der Waals surface area contributed by atoms with Gasteiger partial charge in [0.2, 0.25) is 5.82 Å². The molecule has 2 aromatic heterocycles. The summed E-state index contributed by atoms with van der Waals surface area (Å²) in [6.07, 6.45) is 0. The average Bonchev–Trinajstić information content (AvgIpc) is 2.90. The van der Waals surface area contributed by atoms with Crippen LogP contribution >= 0.6 is 0 Å². The second-order valence-electron chi connectivity index (χ2n) is 3.74. The van der Waals surface area contributed by atoms with Crippen molar-refractivity contribution < 1.29 is 8.91 Å². The SMILES string of the molecule is O=c1ccc(-c2nc(-c3ccc(F)cc3)no2)n[nH]1. The predicted molar refractivity (Wildman–Crippen MR) is 63.5 cm³/mol. The van der Waals surface area contributed by atoms with E-state index in [0.717, 1.165) is 0 Å². The molecule has 7 heteroatoms. The number of aromatic nitrogens is 4. The van der Waals surface area contributed by atoms with Crippen LogP contribution in [0.25, 0.3) is 23.0 Å². The lowest BCUT2D eigenvalue weighted by atomic mass is 10.2. The lowest BCUT2D eigenvalue weighted by Crippen LogP contribution is -2.05. The fraction of sp³-hybridized carbons (Fsp3) is 0. The van der Waals surface area contributed by atoms with Crippen LogP contribution in [0.15, 0.2) is 45.7 Å². The minimum absolute atomic E-state index is 0.176. The first-order valence-corrected chi connectivity index (χ1v) is 5.38. The van der Waals surface area contributed by atoms with E-state index in [1.165, 1.54) is 24.3 Å². The third-order valence-corrected chi connectivity index (χ3v) is 2.43. The van der Waals surface area contributed by atoms with Crippen LogP contribution in [0, 0.1) is 5.82 Å². The topological polar surface area (TPSA) is 84.7 Å². The molecule has 0 amide bonds. The number of hydrogen-bond donors (Lipinski definition) is 1. The Labute approximate surface area is 105 Å². The molecular formula is C12H7FN4O2. The Hall–Kier alpha value is -2.83. The van der Waals surface area contributed by atoms with Gasteiger partial charge in [-0.1, -0.05) is 5.16 Å². The number of aromatic amines is 1. The van der Waals surface area contributed by atoms with Crippen molar-refractivity contribution >= 4 is 0 Å². The van der Waals surface area contributed by atoms with E-state index in [-0.39, 0.29) is 17.3 Å². The van der Waals surface area contributed by atoms with Gasteiger partial charge in [-0.2, -0.15) is 10.1 Å².